The highest BCUT2D eigenvalue weighted by atomic mass is 32.2. The number of amides is 1. The molecule has 3 rings (SSSR count). The van der Waals surface area contributed by atoms with Gasteiger partial charge in [-0.05, 0) is 31.5 Å². The van der Waals surface area contributed by atoms with E-state index in [1.807, 2.05) is 0 Å². The summed E-state index contributed by atoms with van der Waals surface area (Å²) in [5.41, 5.74) is 5.96. The van der Waals surface area contributed by atoms with Crippen LogP contribution in [0, 0.1) is 10.7 Å². The fourth-order valence-corrected chi connectivity index (χ4v) is 4.33. The molecule has 0 spiro atoms. The van der Waals surface area contributed by atoms with Gasteiger partial charge in [-0.3, -0.25) is 9.79 Å². The Morgan fingerprint density at radius 3 is 2.88 bits per heavy atom. The van der Waals surface area contributed by atoms with Crippen molar-refractivity contribution in [3.05, 3.63) is 51.5 Å². The first-order valence-electron chi connectivity index (χ1n) is 7.63. The number of rotatable bonds is 4. The third-order valence-electron chi connectivity index (χ3n) is 4.04. The molecular weight excluding hydrogens is 379 g/mol. The number of carbonyl (C=O) groups excluding carboxylic acids is 1. The molecule has 0 radical (unpaired) electrons. The number of hydrogen-bond acceptors (Lipinski definition) is 6. The molecule has 0 fully saturated rings. The third kappa shape index (κ3) is 3.70. The molecular formula is C16H16FN4O3S2+. The van der Waals surface area contributed by atoms with E-state index in [1.165, 1.54) is 35.3 Å². The largest absolute Gasteiger partial charge is 0.379 e. The fourth-order valence-electron chi connectivity index (χ4n) is 2.64. The zero-order valence-electron chi connectivity index (χ0n) is 13.7. The number of aliphatic imine (C=N–C) groups is 1. The van der Waals surface area contributed by atoms with E-state index in [1.54, 1.807) is 13.0 Å². The van der Waals surface area contributed by atoms with Gasteiger partial charge in [-0.1, -0.05) is 23.1 Å². The number of halogens is 1. The number of nitrogens with two attached hydrogens (primary N) is 1. The van der Waals surface area contributed by atoms with Crippen molar-refractivity contribution in [3.63, 3.8) is 0 Å². The Hall–Kier alpha value is -2.46. The summed E-state index contributed by atoms with van der Waals surface area (Å²) in [5, 5.41) is 13.4. The topological polar surface area (TPSA) is 108 Å². The lowest BCUT2D eigenvalue weighted by Gasteiger charge is -2.30. The molecule has 1 aromatic carbocycles. The SMILES string of the molecule is CC1(c2cc(NC(=O)c3csc([N+](=O)O)c3)ccc2F)CCSC(N)=N1. The van der Waals surface area contributed by atoms with Crippen molar-refractivity contribution in [2.45, 2.75) is 18.9 Å². The van der Waals surface area contributed by atoms with Crippen LogP contribution in [0.2, 0.25) is 0 Å². The number of nitrogens with one attached hydrogen (secondary N) is 1. The molecule has 1 unspecified atom stereocenters. The van der Waals surface area contributed by atoms with Gasteiger partial charge in [0.1, 0.15) is 5.82 Å². The monoisotopic (exact) mass is 395 g/mol. The predicted molar refractivity (Wildman–Crippen MR) is 99.8 cm³/mol. The highest BCUT2D eigenvalue weighted by Crippen LogP contribution is 2.37. The first-order chi connectivity index (χ1) is 12.3. The molecule has 1 aromatic heterocycles. The summed E-state index contributed by atoms with van der Waals surface area (Å²) >= 11 is 2.36. The van der Waals surface area contributed by atoms with E-state index in [2.05, 4.69) is 10.3 Å². The minimum atomic E-state index is -0.796. The van der Waals surface area contributed by atoms with Crippen LogP contribution in [0.25, 0.3) is 0 Å². The zero-order chi connectivity index (χ0) is 18.9. The Morgan fingerprint density at radius 1 is 1.46 bits per heavy atom. The molecule has 26 heavy (non-hydrogen) atoms. The second-order valence-corrected chi connectivity index (χ2v) is 7.92. The van der Waals surface area contributed by atoms with Gasteiger partial charge in [0.05, 0.1) is 16.0 Å². The second kappa shape index (κ2) is 7.04. The van der Waals surface area contributed by atoms with Crippen LogP contribution in [0.15, 0.2) is 34.6 Å². The summed E-state index contributed by atoms with van der Waals surface area (Å²) in [4.78, 5) is 27.2. The number of nitrogens with zero attached hydrogens (tertiary/aromatic N) is 2. The minimum Gasteiger partial charge on any atom is -0.379 e. The van der Waals surface area contributed by atoms with Crippen LogP contribution in [-0.2, 0) is 5.54 Å². The Kier molecular flexibility index (Phi) is 4.97. The van der Waals surface area contributed by atoms with Gasteiger partial charge in [-0.2, -0.15) is 0 Å². The molecule has 0 saturated carbocycles. The third-order valence-corrected chi connectivity index (χ3v) is 5.72. The van der Waals surface area contributed by atoms with Crippen LogP contribution in [-0.4, -0.2) is 27.0 Å². The number of amidine groups is 1. The molecule has 2 heterocycles. The van der Waals surface area contributed by atoms with Crippen LogP contribution in [0.5, 0.6) is 0 Å². The summed E-state index contributed by atoms with van der Waals surface area (Å²) in [5.74, 6) is -0.167. The first kappa shape index (κ1) is 18.3. The van der Waals surface area contributed by atoms with Gasteiger partial charge in [0, 0.05) is 28.5 Å². The minimum absolute atomic E-state index is 0.00743. The molecule has 0 bridgehead atoms. The van der Waals surface area contributed by atoms with Crippen molar-refractivity contribution in [2.24, 2.45) is 10.7 Å². The van der Waals surface area contributed by atoms with Gasteiger partial charge < -0.3 is 11.1 Å². The summed E-state index contributed by atoms with van der Waals surface area (Å²) in [7, 11) is 0. The molecule has 1 aliphatic heterocycles. The first-order valence-corrected chi connectivity index (χ1v) is 9.49. The van der Waals surface area contributed by atoms with Gasteiger partial charge in [0.25, 0.3) is 10.8 Å². The summed E-state index contributed by atoms with van der Waals surface area (Å²) in [6.45, 7) is 1.80. The van der Waals surface area contributed by atoms with Crippen LogP contribution >= 0.6 is 23.1 Å². The van der Waals surface area contributed by atoms with Crippen LogP contribution in [0.3, 0.4) is 0 Å². The maximum Gasteiger partial charge on any atom is 0.372 e. The van der Waals surface area contributed by atoms with Crippen molar-refractivity contribution in [2.75, 3.05) is 11.1 Å². The molecule has 136 valence electrons. The summed E-state index contributed by atoms with van der Waals surface area (Å²) in [6.07, 6.45) is 0.621. The molecule has 1 amide bonds. The lowest BCUT2D eigenvalue weighted by Crippen LogP contribution is -2.29. The molecule has 2 aromatic rings. The standard InChI is InChI=1S/C16H15FN4O3S2/c1-16(4-5-25-15(18)20-16)11-7-10(2-3-12(11)17)19-14(22)9-6-13(21(23)24)26-8-9/h2-3,6-8H,4-5H2,1H3,(H3-,18,19,20,22,23,24)/p+1. The molecule has 4 N–H and O–H groups in total. The van der Waals surface area contributed by atoms with E-state index in [4.69, 9.17) is 10.9 Å². The van der Waals surface area contributed by atoms with E-state index < -0.39 is 17.3 Å². The number of benzene rings is 1. The van der Waals surface area contributed by atoms with Gasteiger partial charge in [-0.15, -0.1) is 0 Å². The zero-order valence-corrected chi connectivity index (χ0v) is 15.4. The van der Waals surface area contributed by atoms with Crippen molar-refractivity contribution >= 4 is 44.9 Å². The van der Waals surface area contributed by atoms with Gasteiger partial charge in [0.15, 0.2) is 5.17 Å². The number of carbonyl (C=O) groups is 1. The average molecular weight is 395 g/mol. The van der Waals surface area contributed by atoms with Gasteiger partial charge in [0.2, 0.25) is 0 Å². The Labute approximate surface area is 156 Å². The lowest BCUT2D eigenvalue weighted by atomic mass is 9.89. The molecule has 0 aliphatic carbocycles. The number of hydrogen-bond donors (Lipinski definition) is 3. The van der Waals surface area contributed by atoms with Crippen molar-refractivity contribution in [1.82, 2.24) is 0 Å². The highest BCUT2D eigenvalue weighted by molar-refractivity contribution is 8.13. The molecule has 1 atom stereocenters. The van der Waals surface area contributed by atoms with E-state index in [9.17, 15) is 14.1 Å². The Bertz CT molecular complexity index is 915. The van der Waals surface area contributed by atoms with Crippen molar-refractivity contribution < 1.29 is 19.3 Å². The Morgan fingerprint density at radius 2 is 2.23 bits per heavy atom. The second-order valence-electron chi connectivity index (χ2n) is 5.92. The molecule has 0 saturated heterocycles. The van der Waals surface area contributed by atoms with E-state index in [0.717, 1.165) is 17.1 Å². The van der Waals surface area contributed by atoms with E-state index in [-0.39, 0.29) is 15.5 Å². The fraction of sp³-hybridized carbons (Fsp3) is 0.250. The normalized spacial score (nSPS) is 19.7. The summed E-state index contributed by atoms with van der Waals surface area (Å²) in [6, 6.07) is 5.53. The van der Waals surface area contributed by atoms with E-state index in [0.29, 0.717) is 22.8 Å². The number of thiophene rings is 1. The van der Waals surface area contributed by atoms with E-state index >= 15 is 0 Å². The maximum atomic E-state index is 14.4. The lowest BCUT2D eigenvalue weighted by molar-refractivity contribution is -0.727. The van der Waals surface area contributed by atoms with Crippen molar-refractivity contribution in [1.29, 1.82) is 0 Å². The predicted octanol–water partition coefficient (Wildman–Crippen LogP) is 3.61. The Balaban J connectivity index is 1.86. The molecule has 1 aliphatic rings. The van der Waals surface area contributed by atoms with Crippen LogP contribution in [0.1, 0.15) is 29.3 Å². The average Bonchev–Trinajstić information content (AvgIpc) is 3.07. The van der Waals surface area contributed by atoms with Crippen LogP contribution in [0.4, 0.5) is 15.1 Å². The highest BCUT2D eigenvalue weighted by Gasteiger charge is 2.32. The summed E-state index contributed by atoms with van der Waals surface area (Å²) < 4.78 is 14.4. The smallest absolute Gasteiger partial charge is 0.372 e. The number of anilines is 1. The van der Waals surface area contributed by atoms with Crippen molar-refractivity contribution in [3.8, 4) is 0 Å². The van der Waals surface area contributed by atoms with Gasteiger partial charge in [-0.25, -0.2) is 9.60 Å². The number of thioether (sulfide) groups is 1. The maximum absolute atomic E-state index is 14.4. The van der Waals surface area contributed by atoms with Crippen LogP contribution < -0.4 is 11.1 Å². The molecule has 7 nitrogen and oxygen atoms in total. The molecule has 10 heteroatoms. The quantitative estimate of drug-likeness (QED) is 0.686. The van der Waals surface area contributed by atoms with Gasteiger partial charge >= 0.3 is 5.00 Å².